The molecule has 0 amide bonds. The van der Waals surface area contributed by atoms with Crippen molar-refractivity contribution in [1.82, 2.24) is 0 Å². The summed E-state index contributed by atoms with van der Waals surface area (Å²) < 4.78 is 0. The fraction of sp³-hybridized carbons (Fsp3) is 1.00. The Morgan fingerprint density at radius 3 is 1.79 bits per heavy atom. The van der Waals surface area contributed by atoms with Gasteiger partial charge in [0, 0.05) is 0 Å². The molecule has 2 aliphatic carbocycles. The fourth-order valence-corrected chi connectivity index (χ4v) is 5.05. The Morgan fingerprint density at radius 2 is 1.32 bits per heavy atom. The molecule has 0 aliphatic heterocycles. The normalized spacial score (nSPS) is 40.7. The van der Waals surface area contributed by atoms with Crippen molar-refractivity contribution in [3.05, 3.63) is 0 Å². The summed E-state index contributed by atoms with van der Waals surface area (Å²) >= 11 is 0. The molecule has 0 spiro atoms. The first-order chi connectivity index (χ1) is 8.93. The molecule has 6 atom stereocenters. The van der Waals surface area contributed by atoms with Crippen LogP contribution in [0.25, 0.3) is 0 Å². The molecule has 0 N–H and O–H groups in total. The molecule has 0 aromatic carbocycles. The lowest BCUT2D eigenvalue weighted by Crippen LogP contribution is -2.35. The van der Waals surface area contributed by atoms with Gasteiger partial charge in [0.05, 0.1) is 0 Å². The smallest absolute Gasteiger partial charge is 0.0352 e. The predicted molar refractivity (Wildman–Crippen MR) is 85.0 cm³/mol. The second-order valence-electron chi connectivity index (χ2n) is 8.42. The Kier molecular flexibility index (Phi) is 5.01. The quantitative estimate of drug-likeness (QED) is 0.583. The first-order valence-electron chi connectivity index (χ1n) is 8.93. The summed E-state index contributed by atoms with van der Waals surface area (Å²) in [6.07, 6.45) is 7.53. The third-order valence-corrected chi connectivity index (χ3v) is 6.78. The lowest BCUT2D eigenvalue weighted by Gasteiger charge is -2.43. The van der Waals surface area contributed by atoms with Gasteiger partial charge in [0.2, 0.25) is 0 Å². The average molecular weight is 264 g/mol. The SMILES string of the molecule is CCC(C)C1CC(C(C)C)CC2CC(C(C)C)CC21. The molecular formula is C19H36. The van der Waals surface area contributed by atoms with E-state index in [2.05, 4.69) is 41.5 Å². The maximum atomic E-state index is 2.52. The van der Waals surface area contributed by atoms with Gasteiger partial charge < -0.3 is 0 Å². The summed E-state index contributed by atoms with van der Waals surface area (Å²) in [5, 5.41) is 0. The molecule has 2 rings (SSSR count). The van der Waals surface area contributed by atoms with Gasteiger partial charge in [-0.2, -0.15) is 0 Å². The summed E-state index contributed by atoms with van der Waals surface area (Å²) in [7, 11) is 0. The van der Waals surface area contributed by atoms with Gasteiger partial charge in [0.25, 0.3) is 0 Å². The zero-order chi connectivity index (χ0) is 14.2. The van der Waals surface area contributed by atoms with E-state index in [1.807, 2.05) is 0 Å². The highest BCUT2D eigenvalue weighted by atomic mass is 14.5. The van der Waals surface area contributed by atoms with Gasteiger partial charge >= 0.3 is 0 Å². The summed E-state index contributed by atoms with van der Waals surface area (Å²) in [5.41, 5.74) is 0. The van der Waals surface area contributed by atoms with Gasteiger partial charge in [-0.3, -0.25) is 0 Å². The van der Waals surface area contributed by atoms with Crippen LogP contribution in [0.3, 0.4) is 0 Å². The third-order valence-electron chi connectivity index (χ3n) is 6.78. The highest BCUT2D eigenvalue weighted by Crippen LogP contribution is 2.54. The summed E-state index contributed by atoms with van der Waals surface area (Å²) in [4.78, 5) is 0. The topological polar surface area (TPSA) is 0 Å². The van der Waals surface area contributed by atoms with E-state index >= 15 is 0 Å². The van der Waals surface area contributed by atoms with Crippen molar-refractivity contribution >= 4 is 0 Å². The monoisotopic (exact) mass is 264 g/mol. The molecule has 0 aromatic rings. The minimum Gasteiger partial charge on any atom is -0.0651 e. The summed E-state index contributed by atoms with van der Waals surface area (Å²) in [5.74, 6) is 7.93. The van der Waals surface area contributed by atoms with E-state index in [1.54, 1.807) is 19.3 Å². The van der Waals surface area contributed by atoms with Crippen molar-refractivity contribution in [2.24, 2.45) is 47.3 Å². The highest BCUT2D eigenvalue weighted by Gasteiger charge is 2.45. The second kappa shape index (κ2) is 6.19. The van der Waals surface area contributed by atoms with Crippen molar-refractivity contribution in [1.29, 1.82) is 0 Å². The molecule has 2 aliphatic rings. The molecule has 0 bridgehead atoms. The van der Waals surface area contributed by atoms with Crippen LogP contribution in [0.15, 0.2) is 0 Å². The van der Waals surface area contributed by atoms with Gasteiger partial charge in [0.15, 0.2) is 0 Å². The maximum Gasteiger partial charge on any atom is -0.0352 e. The number of fused-ring (bicyclic) bond motifs is 1. The van der Waals surface area contributed by atoms with Crippen molar-refractivity contribution in [3.63, 3.8) is 0 Å². The van der Waals surface area contributed by atoms with Crippen molar-refractivity contribution in [2.75, 3.05) is 0 Å². The van der Waals surface area contributed by atoms with E-state index in [9.17, 15) is 0 Å². The van der Waals surface area contributed by atoms with Crippen LogP contribution >= 0.6 is 0 Å². The highest BCUT2D eigenvalue weighted by molar-refractivity contribution is 4.95. The van der Waals surface area contributed by atoms with Crippen LogP contribution in [-0.4, -0.2) is 0 Å². The molecular weight excluding hydrogens is 228 g/mol. The lowest BCUT2D eigenvalue weighted by atomic mass is 9.62. The van der Waals surface area contributed by atoms with E-state index < -0.39 is 0 Å². The van der Waals surface area contributed by atoms with E-state index in [4.69, 9.17) is 0 Å². The molecule has 0 aromatic heterocycles. The molecule has 0 heterocycles. The number of rotatable bonds is 4. The molecule has 2 saturated carbocycles. The van der Waals surface area contributed by atoms with Crippen LogP contribution in [0.1, 0.15) is 73.6 Å². The molecule has 0 radical (unpaired) electrons. The minimum absolute atomic E-state index is 0.894. The van der Waals surface area contributed by atoms with Crippen LogP contribution in [0, 0.1) is 47.3 Å². The molecule has 19 heavy (non-hydrogen) atoms. The van der Waals surface area contributed by atoms with Crippen molar-refractivity contribution < 1.29 is 0 Å². The summed E-state index contributed by atoms with van der Waals surface area (Å²) in [6.45, 7) is 14.7. The molecule has 112 valence electrons. The molecule has 6 unspecified atom stereocenters. The van der Waals surface area contributed by atoms with E-state index in [0.717, 1.165) is 47.3 Å². The van der Waals surface area contributed by atoms with Crippen LogP contribution in [-0.2, 0) is 0 Å². The van der Waals surface area contributed by atoms with Crippen molar-refractivity contribution in [2.45, 2.75) is 73.6 Å². The minimum atomic E-state index is 0.894. The Bertz CT molecular complexity index is 278. The number of hydrogen-bond donors (Lipinski definition) is 0. The first kappa shape index (κ1) is 15.4. The first-order valence-corrected chi connectivity index (χ1v) is 8.93. The lowest BCUT2D eigenvalue weighted by molar-refractivity contribution is 0.0669. The summed E-state index contributed by atoms with van der Waals surface area (Å²) in [6, 6.07) is 0. The van der Waals surface area contributed by atoms with Gasteiger partial charge in [-0.05, 0) is 73.0 Å². The average Bonchev–Trinajstić information content (AvgIpc) is 2.80. The van der Waals surface area contributed by atoms with Crippen LogP contribution in [0.5, 0.6) is 0 Å². The zero-order valence-corrected chi connectivity index (χ0v) is 14.2. The van der Waals surface area contributed by atoms with Crippen LogP contribution in [0.4, 0.5) is 0 Å². The zero-order valence-electron chi connectivity index (χ0n) is 14.2. The third kappa shape index (κ3) is 3.19. The van der Waals surface area contributed by atoms with Gasteiger partial charge in [-0.25, -0.2) is 0 Å². The Hall–Kier alpha value is 0. The number of hydrogen-bond acceptors (Lipinski definition) is 0. The maximum absolute atomic E-state index is 2.52. The van der Waals surface area contributed by atoms with E-state index in [1.165, 1.54) is 12.8 Å². The fourth-order valence-electron chi connectivity index (χ4n) is 5.05. The van der Waals surface area contributed by atoms with Gasteiger partial charge in [-0.1, -0.05) is 48.0 Å². The standard InChI is InChI=1S/C19H36/c1-7-14(6)18-10-15(12(2)3)8-17-9-16(13(4)5)11-19(17)18/h12-19H,7-11H2,1-6H3. The Balaban J connectivity index is 2.12. The Morgan fingerprint density at radius 1 is 0.789 bits per heavy atom. The van der Waals surface area contributed by atoms with Crippen LogP contribution in [0.2, 0.25) is 0 Å². The second-order valence-corrected chi connectivity index (χ2v) is 8.42. The molecule has 0 nitrogen and oxygen atoms in total. The molecule has 0 heteroatoms. The van der Waals surface area contributed by atoms with Crippen molar-refractivity contribution in [3.8, 4) is 0 Å². The predicted octanol–water partition coefficient (Wildman–Crippen LogP) is 6.01. The van der Waals surface area contributed by atoms with Gasteiger partial charge in [0.1, 0.15) is 0 Å². The van der Waals surface area contributed by atoms with E-state index in [-0.39, 0.29) is 0 Å². The van der Waals surface area contributed by atoms with Crippen LogP contribution < -0.4 is 0 Å². The Labute approximate surface area is 121 Å². The largest absolute Gasteiger partial charge is 0.0651 e. The van der Waals surface area contributed by atoms with E-state index in [0.29, 0.717) is 0 Å². The van der Waals surface area contributed by atoms with Gasteiger partial charge in [-0.15, -0.1) is 0 Å². The molecule has 2 fully saturated rings. The molecule has 0 saturated heterocycles.